The first kappa shape index (κ1) is 18.6. The van der Waals surface area contributed by atoms with Gasteiger partial charge in [0, 0.05) is 24.5 Å². The van der Waals surface area contributed by atoms with Crippen molar-refractivity contribution in [2.45, 2.75) is 20.3 Å². The highest BCUT2D eigenvalue weighted by molar-refractivity contribution is 5.94. The van der Waals surface area contributed by atoms with Crippen LogP contribution in [0.1, 0.15) is 30.6 Å². The van der Waals surface area contributed by atoms with Crippen LogP contribution < -0.4 is 20.1 Å². The minimum atomic E-state index is -0.121. The predicted octanol–water partition coefficient (Wildman–Crippen LogP) is 3.62. The Balaban J connectivity index is 2.07. The first-order valence-corrected chi connectivity index (χ1v) is 8.25. The number of hydrogen-bond donors (Lipinski definition) is 2. The lowest BCUT2D eigenvalue weighted by Crippen LogP contribution is -2.25. The number of aromatic nitrogens is 1. The van der Waals surface area contributed by atoms with E-state index in [-0.39, 0.29) is 5.91 Å². The summed E-state index contributed by atoms with van der Waals surface area (Å²) in [5.74, 6) is 1.72. The molecule has 6 heteroatoms. The van der Waals surface area contributed by atoms with Gasteiger partial charge in [-0.25, -0.2) is 0 Å². The van der Waals surface area contributed by atoms with E-state index in [9.17, 15) is 4.79 Å². The maximum absolute atomic E-state index is 12.2. The number of pyridine rings is 1. The Hall–Kier alpha value is -2.76. The Bertz CT molecular complexity index is 717. The van der Waals surface area contributed by atoms with Crippen LogP contribution in [0.5, 0.6) is 11.5 Å². The van der Waals surface area contributed by atoms with Crippen LogP contribution in [-0.2, 0) is 0 Å². The van der Waals surface area contributed by atoms with E-state index in [2.05, 4.69) is 29.5 Å². The van der Waals surface area contributed by atoms with Crippen molar-refractivity contribution in [3.8, 4) is 11.5 Å². The molecular formula is C19H25N3O3. The van der Waals surface area contributed by atoms with Crippen LogP contribution in [0.4, 0.5) is 11.4 Å². The Labute approximate surface area is 148 Å². The smallest absolute Gasteiger partial charge is 0.252 e. The van der Waals surface area contributed by atoms with Crippen molar-refractivity contribution < 1.29 is 14.3 Å². The van der Waals surface area contributed by atoms with Gasteiger partial charge < -0.3 is 20.1 Å². The van der Waals surface area contributed by atoms with Gasteiger partial charge in [0.25, 0.3) is 5.91 Å². The average molecular weight is 343 g/mol. The van der Waals surface area contributed by atoms with E-state index in [0.717, 1.165) is 17.8 Å². The first-order chi connectivity index (χ1) is 12.0. The number of nitrogens with one attached hydrogen (secondary N) is 2. The normalized spacial score (nSPS) is 10.4. The number of methoxy groups -OCH3 is 2. The maximum Gasteiger partial charge on any atom is 0.252 e. The van der Waals surface area contributed by atoms with Gasteiger partial charge in [-0.1, -0.05) is 13.8 Å². The zero-order chi connectivity index (χ0) is 18.2. The van der Waals surface area contributed by atoms with E-state index in [1.54, 1.807) is 32.7 Å². The molecule has 0 fully saturated rings. The second-order valence-corrected chi connectivity index (χ2v) is 6.10. The van der Waals surface area contributed by atoms with Crippen molar-refractivity contribution in [2.24, 2.45) is 5.92 Å². The molecule has 6 nitrogen and oxygen atoms in total. The van der Waals surface area contributed by atoms with E-state index in [0.29, 0.717) is 29.5 Å². The van der Waals surface area contributed by atoms with E-state index in [1.165, 1.54) is 0 Å². The Morgan fingerprint density at radius 1 is 1.08 bits per heavy atom. The molecule has 0 radical (unpaired) electrons. The molecule has 1 aromatic carbocycles. The third-order valence-electron chi connectivity index (χ3n) is 3.68. The highest BCUT2D eigenvalue weighted by atomic mass is 16.5. The van der Waals surface area contributed by atoms with Gasteiger partial charge in [0.05, 0.1) is 31.7 Å². The zero-order valence-corrected chi connectivity index (χ0v) is 15.1. The summed E-state index contributed by atoms with van der Waals surface area (Å²) in [6, 6.07) is 7.29. The lowest BCUT2D eigenvalue weighted by Gasteiger charge is -2.12. The molecule has 0 saturated carbocycles. The molecule has 2 N–H and O–H groups in total. The lowest BCUT2D eigenvalue weighted by molar-refractivity contribution is 0.0951. The highest BCUT2D eigenvalue weighted by Gasteiger charge is 2.09. The van der Waals surface area contributed by atoms with Gasteiger partial charge in [-0.15, -0.1) is 0 Å². The number of ether oxygens (including phenoxy) is 2. The second kappa shape index (κ2) is 8.92. The van der Waals surface area contributed by atoms with Gasteiger partial charge in [0.1, 0.15) is 0 Å². The van der Waals surface area contributed by atoms with Gasteiger partial charge in [-0.2, -0.15) is 0 Å². The molecule has 1 aromatic heterocycles. The first-order valence-electron chi connectivity index (χ1n) is 8.25. The SMILES string of the molecule is COc1ccc(Nc2cncc(C(=O)NCCC(C)C)c2)cc1OC. The third-order valence-corrected chi connectivity index (χ3v) is 3.68. The third kappa shape index (κ3) is 5.38. The number of carbonyl (C=O) groups is 1. The van der Waals surface area contributed by atoms with Crippen molar-refractivity contribution >= 4 is 17.3 Å². The lowest BCUT2D eigenvalue weighted by atomic mass is 10.1. The number of anilines is 2. The zero-order valence-electron chi connectivity index (χ0n) is 15.1. The van der Waals surface area contributed by atoms with Crippen LogP contribution in [0.3, 0.4) is 0 Å². The number of amides is 1. The molecule has 0 unspecified atom stereocenters. The Morgan fingerprint density at radius 3 is 2.52 bits per heavy atom. The van der Waals surface area contributed by atoms with Gasteiger partial charge in [0.15, 0.2) is 11.5 Å². The Morgan fingerprint density at radius 2 is 1.84 bits per heavy atom. The van der Waals surface area contributed by atoms with E-state index in [4.69, 9.17) is 9.47 Å². The minimum absolute atomic E-state index is 0.121. The van der Waals surface area contributed by atoms with Crippen LogP contribution >= 0.6 is 0 Å². The van der Waals surface area contributed by atoms with Crippen molar-refractivity contribution in [3.05, 3.63) is 42.2 Å². The van der Waals surface area contributed by atoms with Crippen molar-refractivity contribution in [2.75, 3.05) is 26.1 Å². The number of carbonyl (C=O) groups excluding carboxylic acids is 1. The van der Waals surface area contributed by atoms with Gasteiger partial charge >= 0.3 is 0 Å². The maximum atomic E-state index is 12.2. The number of rotatable bonds is 8. The fourth-order valence-corrected chi connectivity index (χ4v) is 2.29. The molecule has 0 bridgehead atoms. The molecule has 2 rings (SSSR count). The van der Waals surface area contributed by atoms with Gasteiger partial charge in [-0.3, -0.25) is 9.78 Å². The van der Waals surface area contributed by atoms with E-state index >= 15 is 0 Å². The second-order valence-electron chi connectivity index (χ2n) is 6.10. The molecule has 0 aliphatic rings. The average Bonchev–Trinajstić information content (AvgIpc) is 2.61. The molecular weight excluding hydrogens is 318 g/mol. The van der Waals surface area contributed by atoms with Crippen LogP contribution in [0, 0.1) is 5.92 Å². The number of nitrogens with zero attached hydrogens (tertiary/aromatic N) is 1. The molecule has 0 saturated heterocycles. The Kier molecular flexibility index (Phi) is 6.62. The minimum Gasteiger partial charge on any atom is -0.493 e. The molecule has 0 aliphatic heterocycles. The summed E-state index contributed by atoms with van der Waals surface area (Å²) in [6.07, 6.45) is 4.18. The van der Waals surface area contributed by atoms with Crippen molar-refractivity contribution in [1.29, 1.82) is 0 Å². The van der Waals surface area contributed by atoms with Gasteiger partial charge in [0.2, 0.25) is 0 Å². The molecule has 0 atom stereocenters. The van der Waals surface area contributed by atoms with Crippen molar-refractivity contribution in [1.82, 2.24) is 10.3 Å². The largest absolute Gasteiger partial charge is 0.493 e. The molecule has 1 heterocycles. The van der Waals surface area contributed by atoms with Crippen LogP contribution in [0.2, 0.25) is 0 Å². The molecule has 0 spiro atoms. The van der Waals surface area contributed by atoms with Crippen LogP contribution in [0.15, 0.2) is 36.7 Å². The molecule has 25 heavy (non-hydrogen) atoms. The van der Waals surface area contributed by atoms with E-state index < -0.39 is 0 Å². The predicted molar refractivity (Wildman–Crippen MR) is 98.9 cm³/mol. The van der Waals surface area contributed by atoms with Gasteiger partial charge in [-0.05, 0) is 30.5 Å². The summed E-state index contributed by atoms with van der Waals surface area (Å²) in [4.78, 5) is 16.3. The topological polar surface area (TPSA) is 72.5 Å². The standard InChI is InChI=1S/C19H25N3O3/c1-13(2)7-8-21-19(23)14-9-16(12-20-11-14)22-15-5-6-17(24-3)18(10-15)25-4/h5-6,9-13,22H,7-8H2,1-4H3,(H,21,23). The molecule has 1 amide bonds. The summed E-state index contributed by atoms with van der Waals surface area (Å²) in [5, 5.41) is 6.13. The van der Waals surface area contributed by atoms with Crippen LogP contribution in [-0.4, -0.2) is 31.7 Å². The quantitative estimate of drug-likeness (QED) is 0.766. The number of hydrogen-bond acceptors (Lipinski definition) is 5. The fraction of sp³-hybridized carbons (Fsp3) is 0.368. The summed E-state index contributed by atoms with van der Waals surface area (Å²) in [5.41, 5.74) is 2.06. The number of benzene rings is 1. The molecule has 134 valence electrons. The van der Waals surface area contributed by atoms with Crippen LogP contribution in [0.25, 0.3) is 0 Å². The highest BCUT2D eigenvalue weighted by Crippen LogP contribution is 2.31. The fourth-order valence-electron chi connectivity index (χ4n) is 2.29. The molecule has 0 aliphatic carbocycles. The molecule has 2 aromatic rings. The summed E-state index contributed by atoms with van der Waals surface area (Å²) in [7, 11) is 3.18. The summed E-state index contributed by atoms with van der Waals surface area (Å²) >= 11 is 0. The monoisotopic (exact) mass is 343 g/mol. The summed E-state index contributed by atoms with van der Waals surface area (Å²) in [6.45, 7) is 4.91. The van der Waals surface area contributed by atoms with E-state index in [1.807, 2.05) is 18.2 Å². The van der Waals surface area contributed by atoms with Crippen molar-refractivity contribution in [3.63, 3.8) is 0 Å². The summed E-state index contributed by atoms with van der Waals surface area (Å²) < 4.78 is 10.5.